The summed E-state index contributed by atoms with van der Waals surface area (Å²) >= 11 is 6.19. The number of nitrogens with zero attached hydrogens (tertiary/aromatic N) is 2. The van der Waals surface area contributed by atoms with Gasteiger partial charge in [0, 0.05) is 37.9 Å². The Bertz CT molecular complexity index is 654. The maximum Gasteiger partial charge on any atom is 0.322 e. The van der Waals surface area contributed by atoms with E-state index in [0.717, 1.165) is 13.1 Å². The van der Waals surface area contributed by atoms with Crippen molar-refractivity contribution in [1.29, 1.82) is 0 Å². The third kappa shape index (κ3) is 4.35. The van der Waals surface area contributed by atoms with Gasteiger partial charge in [0.05, 0.1) is 10.7 Å². The Balaban J connectivity index is 1.53. The Labute approximate surface area is 152 Å². The highest BCUT2D eigenvalue weighted by Crippen LogP contribution is 2.30. The van der Waals surface area contributed by atoms with Crippen LogP contribution in [0.4, 0.5) is 21.0 Å². The molecule has 4 amide bonds. The number of benzene rings is 1. The van der Waals surface area contributed by atoms with Crippen molar-refractivity contribution in [1.82, 2.24) is 15.5 Å². The fraction of sp³-hybridized carbons (Fsp3) is 0.529. The Kier molecular flexibility index (Phi) is 5.65. The summed E-state index contributed by atoms with van der Waals surface area (Å²) in [5, 5.41) is 8.89. The SMILES string of the molecule is CC1CCCN1CCNC(=O)Nc1ccc(Cl)c(N2CCNC2=O)c1. The summed E-state index contributed by atoms with van der Waals surface area (Å²) in [6.07, 6.45) is 2.45. The monoisotopic (exact) mass is 365 g/mol. The molecule has 0 spiro atoms. The van der Waals surface area contributed by atoms with Crippen molar-refractivity contribution in [3.05, 3.63) is 23.2 Å². The molecule has 0 aliphatic carbocycles. The molecule has 25 heavy (non-hydrogen) atoms. The maximum atomic E-state index is 12.1. The van der Waals surface area contributed by atoms with E-state index in [-0.39, 0.29) is 12.1 Å². The quantitative estimate of drug-likeness (QED) is 0.750. The number of nitrogens with one attached hydrogen (secondary N) is 3. The molecule has 1 aromatic rings. The summed E-state index contributed by atoms with van der Waals surface area (Å²) in [4.78, 5) is 27.8. The van der Waals surface area contributed by atoms with Crippen LogP contribution in [0, 0.1) is 0 Å². The first-order chi connectivity index (χ1) is 12.0. The van der Waals surface area contributed by atoms with Gasteiger partial charge in [0.25, 0.3) is 0 Å². The first-order valence-corrected chi connectivity index (χ1v) is 9.06. The molecule has 0 radical (unpaired) electrons. The number of likely N-dealkylation sites (tertiary alicyclic amines) is 1. The topological polar surface area (TPSA) is 76.7 Å². The van der Waals surface area contributed by atoms with E-state index in [1.807, 2.05) is 0 Å². The molecule has 3 rings (SSSR count). The second-order valence-corrected chi connectivity index (χ2v) is 6.87. The Hall–Kier alpha value is -1.99. The number of carbonyl (C=O) groups is 2. The van der Waals surface area contributed by atoms with Gasteiger partial charge in [-0.05, 0) is 44.5 Å². The van der Waals surface area contributed by atoms with Gasteiger partial charge in [0.15, 0.2) is 0 Å². The van der Waals surface area contributed by atoms with Gasteiger partial charge in [-0.3, -0.25) is 9.80 Å². The molecule has 2 aliphatic heterocycles. The number of rotatable bonds is 5. The van der Waals surface area contributed by atoms with Crippen molar-refractivity contribution in [3.8, 4) is 0 Å². The third-order valence-electron chi connectivity index (χ3n) is 4.73. The molecule has 136 valence electrons. The fourth-order valence-corrected chi connectivity index (χ4v) is 3.53. The van der Waals surface area contributed by atoms with Crippen LogP contribution in [0.1, 0.15) is 19.8 Å². The first kappa shape index (κ1) is 17.8. The van der Waals surface area contributed by atoms with Gasteiger partial charge >= 0.3 is 12.1 Å². The average molecular weight is 366 g/mol. The minimum Gasteiger partial charge on any atom is -0.337 e. The minimum absolute atomic E-state index is 0.178. The number of carbonyl (C=O) groups excluding carboxylic acids is 2. The number of amides is 4. The van der Waals surface area contributed by atoms with Crippen LogP contribution in [-0.4, -0.2) is 55.7 Å². The van der Waals surface area contributed by atoms with Gasteiger partial charge in [0.1, 0.15) is 0 Å². The molecule has 1 aromatic carbocycles. The number of urea groups is 2. The minimum atomic E-state index is -0.258. The van der Waals surface area contributed by atoms with Crippen molar-refractivity contribution >= 4 is 35.0 Å². The van der Waals surface area contributed by atoms with Crippen LogP contribution in [0.25, 0.3) is 0 Å². The number of hydrogen-bond donors (Lipinski definition) is 3. The van der Waals surface area contributed by atoms with Crippen LogP contribution in [0.15, 0.2) is 18.2 Å². The van der Waals surface area contributed by atoms with Crippen molar-refractivity contribution in [2.24, 2.45) is 0 Å². The highest BCUT2D eigenvalue weighted by molar-refractivity contribution is 6.34. The predicted molar refractivity (Wildman–Crippen MR) is 99.5 cm³/mol. The van der Waals surface area contributed by atoms with E-state index in [1.165, 1.54) is 12.8 Å². The molecule has 2 aliphatic rings. The van der Waals surface area contributed by atoms with Gasteiger partial charge in [-0.2, -0.15) is 0 Å². The van der Waals surface area contributed by atoms with Crippen LogP contribution >= 0.6 is 11.6 Å². The maximum absolute atomic E-state index is 12.1. The summed E-state index contributed by atoms with van der Waals surface area (Å²) in [5.41, 5.74) is 1.20. The number of halogens is 1. The first-order valence-electron chi connectivity index (χ1n) is 8.68. The molecule has 2 saturated heterocycles. The molecule has 0 saturated carbocycles. The fourth-order valence-electron chi connectivity index (χ4n) is 3.31. The molecule has 3 N–H and O–H groups in total. The molecule has 8 heteroatoms. The normalized spacial score (nSPS) is 20.6. The van der Waals surface area contributed by atoms with Crippen LogP contribution in [0.3, 0.4) is 0 Å². The Morgan fingerprint density at radius 1 is 1.40 bits per heavy atom. The van der Waals surface area contributed by atoms with Crippen molar-refractivity contribution in [2.45, 2.75) is 25.8 Å². The summed E-state index contributed by atoms with van der Waals surface area (Å²) < 4.78 is 0. The highest BCUT2D eigenvalue weighted by Gasteiger charge is 2.23. The average Bonchev–Trinajstić information content (AvgIpc) is 3.18. The van der Waals surface area contributed by atoms with Crippen molar-refractivity contribution < 1.29 is 9.59 Å². The van der Waals surface area contributed by atoms with Crippen LogP contribution in [-0.2, 0) is 0 Å². The van der Waals surface area contributed by atoms with Gasteiger partial charge < -0.3 is 16.0 Å². The molecule has 0 aromatic heterocycles. The summed E-state index contributed by atoms with van der Waals surface area (Å²) in [5.74, 6) is 0. The lowest BCUT2D eigenvalue weighted by atomic mass is 10.2. The van der Waals surface area contributed by atoms with Crippen molar-refractivity contribution in [3.63, 3.8) is 0 Å². The molecule has 1 atom stereocenters. The Morgan fingerprint density at radius 2 is 2.24 bits per heavy atom. The second-order valence-electron chi connectivity index (χ2n) is 6.46. The molecule has 2 heterocycles. The van der Waals surface area contributed by atoms with E-state index in [9.17, 15) is 9.59 Å². The van der Waals surface area contributed by atoms with E-state index in [2.05, 4.69) is 27.8 Å². The molecule has 0 bridgehead atoms. The zero-order valence-electron chi connectivity index (χ0n) is 14.3. The van der Waals surface area contributed by atoms with Crippen LogP contribution in [0.5, 0.6) is 0 Å². The van der Waals surface area contributed by atoms with Crippen LogP contribution in [0.2, 0.25) is 5.02 Å². The zero-order valence-corrected chi connectivity index (χ0v) is 15.1. The molecule has 7 nitrogen and oxygen atoms in total. The van der Waals surface area contributed by atoms with E-state index in [4.69, 9.17) is 11.6 Å². The number of hydrogen-bond acceptors (Lipinski definition) is 3. The molecular formula is C17H24ClN5O2. The molecular weight excluding hydrogens is 342 g/mol. The molecule has 1 unspecified atom stereocenters. The summed E-state index contributed by atoms with van der Waals surface area (Å²) in [7, 11) is 0. The van der Waals surface area contributed by atoms with E-state index in [1.54, 1.807) is 23.1 Å². The smallest absolute Gasteiger partial charge is 0.322 e. The summed E-state index contributed by atoms with van der Waals surface area (Å²) in [6, 6.07) is 5.28. The highest BCUT2D eigenvalue weighted by atomic mass is 35.5. The third-order valence-corrected chi connectivity index (χ3v) is 5.05. The molecule has 2 fully saturated rings. The zero-order chi connectivity index (χ0) is 17.8. The van der Waals surface area contributed by atoms with Gasteiger partial charge in [-0.25, -0.2) is 9.59 Å². The predicted octanol–water partition coefficient (Wildman–Crippen LogP) is 2.48. The van der Waals surface area contributed by atoms with E-state index < -0.39 is 0 Å². The van der Waals surface area contributed by atoms with E-state index in [0.29, 0.717) is 42.1 Å². The second kappa shape index (κ2) is 7.93. The van der Waals surface area contributed by atoms with Gasteiger partial charge in [-0.15, -0.1) is 0 Å². The van der Waals surface area contributed by atoms with Gasteiger partial charge in [-0.1, -0.05) is 11.6 Å². The lowest BCUT2D eigenvalue weighted by Crippen LogP contribution is -2.38. The lowest BCUT2D eigenvalue weighted by Gasteiger charge is -2.21. The van der Waals surface area contributed by atoms with Crippen molar-refractivity contribution in [2.75, 3.05) is 42.9 Å². The Morgan fingerprint density at radius 3 is 2.92 bits per heavy atom. The van der Waals surface area contributed by atoms with E-state index >= 15 is 0 Å². The standard InChI is InChI=1S/C17H24ClN5O2/c1-12-3-2-8-22(12)9-6-19-16(24)21-13-4-5-14(18)15(11-13)23-10-7-20-17(23)25/h4-5,11-12H,2-3,6-10H2,1H3,(H,20,25)(H2,19,21,24). The number of anilines is 2. The lowest BCUT2D eigenvalue weighted by molar-refractivity contribution is 0.243. The largest absolute Gasteiger partial charge is 0.337 e. The summed E-state index contributed by atoms with van der Waals surface area (Å²) in [6.45, 7) is 5.92. The van der Waals surface area contributed by atoms with Gasteiger partial charge in [0.2, 0.25) is 0 Å². The van der Waals surface area contributed by atoms with Crippen LogP contribution < -0.4 is 20.9 Å².